The summed E-state index contributed by atoms with van der Waals surface area (Å²) in [7, 11) is 1.89. The topological polar surface area (TPSA) is 23.6 Å². The summed E-state index contributed by atoms with van der Waals surface area (Å²) in [5.74, 6) is 0.601. The molecule has 19 heavy (non-hydrogen) atoms. The average Bonchev–Trinajstić information content (AvgIpc) is 2.74. The molecule has 2 unspecified atom stereocenters. The van der Waals surface area contributed by atoms with Gasteiger partial charge in [0.15, 0.2) is 0 Å². The quantitative estimate of drug-likeness (QED) is 0.811. The molecule has 0 aliphatic carbocycles. The van der Waals surface area contributed by atoms with Crippen LogP contribution >= 0.6 is 0 Å². The van der Waals surface area contributed by atoms with Crippen LogP contribution in [0.15, 0.2) is 24.3 Å². The van der Waals surface area contributed by atoms with E-state index in [1.54, 1.807) is 0 Å². The average molecular weight is 260 g/mol. The Hall–Kier alpha value is -1.51. The molecule has 3 nitrogen and oxygen atoms in total. The molecule has 1 aliphatic heterocycles. The van der Waals surface area contributed by atoms with Gasteiger partial charge < -0.3 is 9.80 Å². The van der Waals surface area contributed by atoms with Crippen molar-refractivity contribution >= 4 is 6.03 Å². The maximum absolute atomic E-state index is 12.0. The van der Waals surface area contributed by atoms with Gasteiger partial charge in [-0.2, -0.15) is 0 Å². The second-order valence-electron chi connectivity index (χ2n) is 5.42. The third kappa shape index (κ3) is 2.60. The fraction of sp³-hybridized carbons (Fsp3) is 0.562. The molecule has 2 amide bonds. The largest absolute Gasteiger partial charge is 0.323 e. The fourth-order valence-corrected chi connectivity index (χ4v) is 2.64. The summed E-state index contributed by atoms with van der Waals surface area (Å²) in [5, 5.41) is 0. The Balaban J connectivity index is 2.17. The van der Waals surface area contributed by atoms with Crippen molar-refractivity contribution in [3.63, 3.8) is 0 Å². The van der Waals surface area contributed by atoms with Crippen molar-refractivity contribution in [2.45, 2.75) is 39.2 Å². The molecular weight excluding hydrogens is 236 g/mol. The molecule has 1 fully saturated rings. The van der Waals surface area contributed by atoms with Crippen LogP contribution in [0, 0.1) is 0 Å². The lowest BCUT2D eigenvalue weighted by atomic mass is 9.96. The van der Waals surface area contributed by atoms with Gasteiger partial charge in [-0.25, -0.2) is 4.79 Å². The van der Waals surface area contributed by atoms with E-state index in [0.717, 1.165) is 19.5 Å². The minimum Gasteiger partial charge on any atom is -0.323 e. The van der Waals surface area contributed by atoms with Gasteiger partial charge in [0.25, 0.3) is 0 Å². The summed E-state index contributed by atoms with van der Waals surface area (Å²) >= 11 is 0. The maximum Gasteiger partial charge on any atom is 0.320 e. The normalized spacial score (nSPS) is 21.1. The van der Waals surface area contributed by atoms with Crippen LogP contribution in [-0.2, 0) is 0 Å². The van der Waals surface area contributed by atoms with E-state index in [9.17, 15) is 4.79 Å². The van der Waals surface area contributed by atoms with E-state index < -0.39 is 0 Å². The molecule has 1 saturated heterocycles. The first-order valence-electron chi connectivity index (χ1n) is 7.20. The third-order valence-electron chi connectivity index (χ3n) is 4.32. The van der Waals surface area contributed by atoms with E-state index in [4.69, 9.17) is 0 Å². The number of urea groups is 1. The molecule has 0 aromatic heterocycles. The molecular formula is C16H24N2O. The number of hydrogen-bond acceptors (Lipinski definition) is 1. The van der Waals surface area contributed by atoms with Gasteiger partial charge >= 0.3 is 6.03 Å². The Morgan fingerprint density at radius 1 is 1.26 bits per heavy atom. The molecule has 2 rings (SSSR count). The van der Waals surface area contributed by atoms with Crippen LogP contribution in [0.4, 0.5) is 4.79 Å². The van der Waals surface area contributed by atoms with Gasteiger partial charge in [0.1, 0.15) is 0 Å². The number of hydrogen-bond donors (Lipinski definition) is 0. The summed E-state index contributed by atoms with van der Waals surface area (Å²) in [6.07, 6.45) is 1.16. The molecule has 0 spiro atoms. The van der Waals surface area contributed by atoms with Crippen LogP contribution < -0.4 is 0 Å². The van der Waals surface area contributed by atoms with Gasteiger partial charge in [0.05, 0.1) is 6.04 Å². The second kappa shape index (κ2) is 5.64. The molecule has 0 radical (unpaired) electrons. The van der Waals surface area contributed by atoms with Crippen molar-refractivity contribution in [2.24, 2.45) is 0 Å². The predicted molar refractivity (Wildman–Crippen MR) is 78.3 cm³/mol. The minimum absolute atomic E-state index is 0.138. The molecule has 104 valence electrons. The van der Waals surface area contributed by atoms with Gasteiger partial charge in [-0.3, -0.25) is 0 Å². The molecule has 1 aromatic carbocycles. The number of likely N-dealkylation sites (N-methyl/N-ethyl adjacent to an activating group) is 2. The van der Waals surface area contributed by atoms with Crippen molar-refractivity contribution in [1.29, 1.82) is 0 Å². The summed E-state index contributed by atoms with van der Waals surface area (Å²) in [4.78, 5) is 15.7. The van der Waals surface area contributed by atoms with Crippen LogP contribution in [0.5, 0.6) is 0 Å². The highest BCUT2D eigenvalue weighted by Crippen LogP contribution is 2.29. The van der Waals surface area contributed by atoms with Gasteiger partial charge in [0.2, 0.25) is 0 Å². The smallest absolute Gasteiger partial charge is 0.320 e. The Bertz CT molecular complexity index is 441. The summed E-state index contributed by atoms with van der Waals surface area (Å²) in [5.41, 5.74) is 2.62. The summed E-state index contributed by atoms with van der Waals surface area (Å²) < 4.78 is 0. The van der Waals surface area contributed by atoms with Gasteiger partial charge in [-0.15, -0.1) is 0 Å². The van der Waals surface area contributed by atoms with Gasteiger partial charge in [-0.1, -0.05) is 38.1 Å². The zero-order chi connectivity index (χ0) is 14.0. The van der Waals surface area contributed by atoms with Crippen LogP contribution in [0.2, 0.25) is 0 Å². The highest BCUT2D eigenvalue weighted by molar-refractivity contribution is 5.77. The van der Waals surface area contributed by atoms with E-state index >= 15 is 0 Å². The van der Waals surface area contributed by atoms with E-state index in [2.05, 4.69) is 38.1 Å². The first-order chi connectivity index (χ1) is 9.08. The third-order valence-corrected chi connectivity index (χ3v) is 4.32. The highest BCUT2D eigenvalue weighted by Gasteiger charge is 2.34. The molecule has 1 aromatic rings. The van der Waals surface area contributed by atoms with Crippen molar-refractivity contribution in [2.75, 3.05) is 20.1 Å². The van der Waals surface area contributed by atoms with Crippen LogP contribution in [0.1, 0.15) is 50.3 Å². The van der Waals surface area contributed by atoms with E-state index in [1.165, 1.54) is 11.1 Å². The first-order valence-corrected chi connectivity index (χ1v) is 7.20. The minimum atomic E-state index is 0.138. The molecule has 0 saturated carbocycles. The number of rotatable bonds is 4. The van der Waals surface area contributed by atoms with Crippen molar-refractivity contribution < 1.29 is 4.79 Å². The molecule has 0 bridgehead atoms. The Morgan fingerprint density at radius 3 is 2.37 bits per heavy atom. The second-order valence-corrected chi connectivity index (χ2v) is 5.42. The van der Waals surface area contributed by atoms with Gasteiger partial charge in [0, 0.05) is 20.1 Å². The number of carbonyl (C=O) groups excluding carboxylic acids is 1. The standard InChI is InChI=1S/C16H24N2O/c1-5-12(3)13-7-9-14(10-8-13)15-11-18(6-2)16(19)17(15)4/h7-10,12,15H,5-6,11H2,1-4H3. The number of carbonyl (C=O) groups is 1. The highest BCUT2D eigenvalue weighted by atomic mass is 16.2. The Morgan fingerprint density at radius 2 is 1.89 bits per heavy atom. The number of benzene rings is 1. The van der Waals surface area contributed by atoms with Crippen LogP contribution in [-0.4, -0.2) is 36.0 Å². The first kappa shape index (κ1) is 13.9. The number of amides is 2. The van der Waals surface area contributed by atoms with Crippen LogP contribution in [0.25, 0.3) is 0 Å². The van der Waals surface area contributed by atoms with Crippen molar-refractivity contribution in [1.82, 2.24) is 9.80 Å². The Labute approximate surface area is 116 Å². The number of nitrogens with zero attached hydrogens (tertiary/aromatic N) is 2. The molecule has 2 atom stereocenters. The monoisotopic (exact) mass is 260 g/mol. The lowest BCUT2D eigenvalue weighted by molar-refractivity contribution is 0.197. The zero-order valence-electron chi connectivity index (χ0n) is 12.4. The van der Waals surface area contributed by atoms with E-state index in [0.29, 0.717) is 5.92 Å². The van der Waals surface area contributed by atoms with Crippen molar-refractivity contribution in [3.8, 4) is 0 Å². The van der Waals surface area contributed by atoms with E-state index in [1.807, 2.05) is 23.8 Å². The summed E-state index contributed by atoms with van der Waals surface area (Å²) in [6.45, 7) is 8.07. The molecule has 1 aliphatic rings. The van der Waals surface area contributed by atoms with Crippen LogP contribution in [0.3, 0.4) is 0 Å². The predicted octanol–water partition coefficient (Wildman–Crippen LogP) is 3.63. The molecule has 1 heterocycles. The summed E-state index contributed by atoms with van der Waals surface area (Å²) in [6, 6.07) is 9.09. The SMILES string of the molecule is CCC(C)c1ccc(C2CN(CC)C(=O)N2C)cc1. The van der Waals surface area contributed by atoms with Crippen molar-refractivity contribution in [3.05, 3.63) is 35.4 Å². The molecule has 3 heteroatoms. The lowest BCUT2D eigenvalue weighted by Gasteiger charge is -2.19. The molecule has 0 N–H and O–H groups in total. The van der Waals surface area contributed by atoms with E-state index in [-0.39, 0.29) is 12.1 Å². The fourth-order valence-electron chi connectivity index (χ4n) is 2.64. The maximum atomic E-state index is 12.0. The zero-order valence-corrected chi connectivity index (χ0v) is 12.4. The lowest BCUT2D eigenvalue weighted by Crippen LogP contribution is -2.29. The van der Waals surface area contributed by atoms with Gasteiger partial charge in [-0.05, 0) is 30.4 Å². The Kier molecular flexibility index (Phi) is 4.13.